The Morgan fingerprint density at radius 2 is 2.40 bits per heavy atom. The third kappa shape index (κ3) is 5.22. The molecule has 2 N–H and O–H groups in total. The molecular formula is C11H18N3O. The molecule has 0 saturated carbocycles. The van der Waals surface area contributed by atoms with Crippen LogP contribution in [0.1, 0.15) is 12.0 Å². The van der Waals surface area contributed by atoms with Crippen LogP contribution in [0.2, 0.25) is 0 Å². The lowest BCUT2D eigenvalue weighted by molar-refractivity contribution is -0.120. The van der Waals surface area contributed by atoms with E-state index in [4.69, 9.17) is 0 Å². The number of amides is 1. The summed E-state index contributed by atoms with van der Waals surface area (Å²) < 4.78 is 0. The maximum Gasteiger partial charge on any atom is 0.224 e. The van der Waals surface area contributed by atoms with Gasteiger partial charge in [0.05, 0.1) is 12.6 Å². The molecule has 0 aromatic carbocycles. The Balaban J connectivity index is 2.09. The average Bonchev–Trinajstić information content (AvgIpc) is 2.64. The van der Waals surface area contributed by atoms with E-state index in [1.54, 1.807) is 6.20 Å². The minimum absolute atomic E-state index is 0.0598. The molecule has 1 amide bonds. The molecule has 0 aliphatic heterocycles. The highest BCUT2D eigenvalue weighted by Crippen LogP contribution is 1.96. The van der Waals surface area contributed by atoms with E-state index in [2.05, 4.69) is 21.4 Å². The first-order valence-corrected chi connectivity index (χ1v) is 5.14. The van der Waals surface area contributed by atoms with Gasteiger partial charge in [0.1, 0.15) is 0 Å². The van der Waals surface area contributed by atoms with Gasteiger partial charge < -0.3 is 15.2 Å². The Kier molecular flexibility index (Phi) is 4.90. The van der Waals surface area contributed by atoms with E-state index >= 15 is 0 Å². The van der Waals surface area contributed by atoms with Crippen LogP contribution in [0.25, 0.3) is 0 Å². The maximum atomic E-state index is 11.4. The first-order chi connectivity index (χ1) is 7.18. The molecule has 83 valence electrons. The van der Waals surface area contributed by atoms with Gasteiger partial charge in [-0.1, -0.05) is 0 Å². The van der Waals surface area contributed by atoms with Crippen molar-refractivity contribution < 1.29 is 4.79 Å². The number of nitrogens with zero attached hydrogens (tertiary/aromatic N) is 1. The van der Waals surface area contributed by atoms with Crippen molar-refractivity contribution in [1.82, 2.24) is 15.2 Å². The molecule has 0 unspecified atom stereocenters. The zero-order valence-corrected chi connectivity index (χ0v) is 9.34. The maximum absolute atomic E-state index is 11.4. The van der Waals surface area contributed by atoms with E-state index in [0.717, 1.165) is 25.1 Å². The fraction of sp³-hybridized carbons (Fsp3) is 0.545. The second kappa shape index (κ2) is 6.24. The SMILES string of the molecule is CN(C)CCCNC(=O)Cc1[c][nH]cc1. The largest absolute Gasteiger partial charge is 0.360 e. The van der Waals surface area contributed by atoms with Crippen LogP contribution in [0.4, 0.5) is 0 Å². The van der Waals surface area contributed by atoms with Gasteiger partial charge >= 0.3 is 0 Å². The molecular weight excluding hydrogens is 190 g/mol. The van der Waals surface area contributed by atoms with Crippen LogP contribution in [0.3, 0.4) is 0 Å². The molecule has 0 saturated heterocycles. The molecule has 0 atom stereocenters. The van der Waals surface area contributed by atoms with Crippen molar-refractivity contribution >= 4 is 5.91 Å². The lowest BCUT2D eigenvalue weighted by atomic mass is 10.2. The van der Waals surface area contributed by atoms with E-state index in [-0.39, 0.29) is 5.91 Å². The smallest absolute Gasteiger partial charge is 0.224 e. The zero-order valence-electron chi connectivity index (χ0n) is 9.34. The van der Waals surface area contributed by atoms with Gasteiger partial charge in [0.2, 0.25) is 5.91 Å². The summed E-state index contributed by atoms with van der Waals surface area (Å²) in [7, 11) is 4.05. The summed E-state index contributed by atoms with van der Waals surface area (Å²) >= 11 is 0. The third-order valence-corrected chi connectivity index (χ3v) is 2.06. The highest BCUT2D eigenvalue weighted by atomic mass is 16.1. The number of hydrogen-bond donors (Lipinski definition) is 2. The molecule has 0 spiro atoms. The van der Waals surface area contributed by atoms with E-state index in [9.17, 15) is 4.79 Å². The standard InChI is InChI=1S/C11H18N3O/c1-14(2)7-3-5-13-11(15)8-10-4-6-12-9-10/h4,6,12H,3,5,7-8H2,1-2H3,(H,13,15). The van der Waals surface area contributed by atoms with Crippen molar-refractivity contribution in [3.63, 3.8) is 0 Å². The van der Waals surface area contributed by atoms with Crippen molar-refractivity contribution in [3.8, 4) is 0 Å². The van der Waals surface area contributed by atoms with Gasteiger partial charge in [0.15, 0.2) is 0 Å². The minimum Gasteiger partial charge on any atom is -0.360 e. The summed E-state index contributed by atoms with van der Waals surface area (Å²) in [4.78, 5) is 16.3. The summed E-state index contributed by atoms with van der Waals surface area (Å²) in [5.74, 6) is 0.0598. The predicted octanol–water partition coefficient (Wildman–Crippen LogP) is 0.425. The highest BCUT2D eigenvalue weighted by Gasteiger charge is 2.02. The van der Waals surface area contributed by atoms with Crippen molar-refractivity contribution in [3.05, 3.63) is 24.0 Å². The molecule has 15 heavy (non-hydrogen) atoms. The van der Waals surface area contributed by atoms with Gasteiger partial charge in [0.25, 0.3) is 0 Å². The van der Waals surface area contributed by atoms with Crippen LogP contribution in [0.5, 0.6) is 0 Å². The molecule has 0 bridgehead atoms. The van der Waals surface area contributed by atoms with Crippen LogP contribution >= 0.6 is 0 Å². The van der Waals surface area contributed by atoms with Crippen molar-refractivity contribution in [2.24, 2.45) is 0 Å². The number of H-pyrrole nitrogens is 1. The lowest BCUT2D eigenvalue weighted by Gasteiger charge is -2.09. The van der Waals surface area contributed by atoms with Crippen molar-refractivity contribution in [2.75, 3.05) is 27.2 Å². The second-order valence-electron chi connectivity index (χ2n) is 3.81. The van der Waals surface area contributed by atoms with Crippen LogP contribution in [0.15, 0.2) is 12.3 Å². The number of carbonyl (C=O) groups excluding carboxylic acids is 1. The minimum atomic E-state index is 0.0598. The summed E-state index contributed by atoms with van der Waals surface area (Å²) in [6.07, 6.45) is 6.05. The molecule has 4 nitrogen and oxygen atoms in total. The highest BCUT2D eigenvalue weighted by molar-refractivity contribution is 5.78. The number of nitrogens with one attached hydrogen (secondary N) is 2. The summed E-state index contributed by atoms with van der Waals surface area (Å²) in [5.41, 5.74) is 0.903. The Bertz CT molecular complexity index is 280. The van der Waals surface area contributed by atoms with Crippen LogP contribution in [-0.2, 0) is 11.2 Å². The van der Waals surface area contributed by atoms with Crippen molar-refractivity contribution in [2.45, 2.75) is 12.8 Å². The van der Waals surface area contributed by atoms with Gasteiger partial charge in [-0.15, -0.1) is 0 Å². The first kappa shape index (κ1) is 11.8. The first-order valence-electron chi connectivity index (χ1n) is 5.14. The molecule has 0 fully saturated rings. The normalized spacial score (nSPS) is 10.6. The van der Waals surface area contributed by atoms with Gasteiger partial charge in [0, 0.05) is 12.7 Å². The fourth-order valence-corrected chi connectivity index (χ4v) is 1.28. The molecule has 1 rings (SSSR count). The molecule has 1 heterocycles. The summed E-state index contributed by atoms with van der Waals surface area (Å²) in [5, 5.41) is 2.88. The Hall–Kier alpha value is -1.29. The number of rotatable bonds is 6. The summed E-state index contributed by atoms with van der Waals surface area (Å²) in [6.45, 7) is 1.73. The van der Waals surface area contributed by atoms with E-state index in [1.807, 2.05) is 20.2 Å². The lowest BCUT2D eigenvalue weighted by Crippen LogP contribution is -2.28. The number of aromatic nitrogens is 1. The van der Waals surface area contributed by atoms with Gasteiger partial charge in [-0.05, 0) is 38.7 Å². The summed E-state index contributed by atoms with van der Waals surface area (Å²) in [6, 6.07) is 1.86. The second-order valence-corrected chi connectivity index (χ2v) is 3.81. The third-order valence-electron chi connectivity index (χ3n) is 2.06. The molecule has 0 aliphatic rings. The van der Waals surface area contributed by atoms with Gasteiger partial charge in [-0.3, -0.25) is 4.79 Å². The Morgan fingerprint density at radius 1 is 1.60 bits per heavy atom. The molecule has 1 radical (unpaired) electrons. The predicted molar refractivity (Wildman–Crippen MR) is 59.5 cm³/mol. The molecule has 0 aliphatic carbocycles. The van der Waals surface area contributed by atoms with Crippen LogP contribution in [-0.4, -0.2) is 43.0 Å². The van der Waals surface area contributed by atoms with Crippen molar-refractivity contribution in [1.29, 1.82) is 0 Å². The zero-order chi connectivity index (χ0) is 11.1. The van der Waals surface area contributed by atoms with Gasteiger partial charge in [-0.2, -0.15) is 0 Å². The fourth-order valence-electron chi connectivity index (χ4n) is 1.28. The Morgan fingerprint density at radius 3 is 3.00 bits per heavy atom. The topological polar surface area (TPSA) is 48.1 Å². The number of aromatic amines is 1. The van der Waals surface area contributed by atoms with Gasteiger partial charge in [-0.25, -0.2) is 0 Å². The van der Waals surface area contributed by atoms with E-state index in [0.29, 0.717) is 6.42 Å². The van der Waals surface area contributed by atoms with E-state index in [1.165, 1.54) is 0 Å². The molecule has 1 aromatic rings. The quantitative estimate of drug-likeness (QED) is 0.666. The molecule has 4 heteroatoms. The van der Waals surface area contributed by atoms with E-state index < -0.39 is 0 Å². The van der Waals surface area contributed by atoms with Crippen LogP contribution < -0.4 is 5.32 Å². The number of carbonyl (C=O) groups is 1. The number of hydrogen-bond acceptors (Lipinski definition) is 2. The Labute approximate surface area is 90.7 Å². The average molecular weight is 208 g/mol. The van der Waals surface area contributed by atoms with Crippen LogP contribution in [0, 0.1) is 6.20 Å². The molecule has 1 aromatic heterocycles. The monoisotopic (exact) mass is 208 g/mol.